The van der Waals surface area contributed by atoms with Gasteiger partial charge in [-0.15, -0.1) is 0 Å². The van der Waals surface area contributed by atoms with Crippen molar-refractivity contribution < 1.29 is 22.7 Å². The summed E-state index contributed by atoms with van der Waals surface area (Å²) in [5, 5.41) is 2.67. The molecule has 0 aliphatic heterocycles. The average Bonchev–Trinajstić information content (AvgIpc) is 3.11. The zero-order valence-corrected chi connectivity index (χ0v) is 15.1. The second kappa shape index (κ2) is 8.03. The molecule has 0 heterocycles. The Morgan fingerprint density at radius 3 is 2.67 bits per heavy atom. The van der Waals surface area contributed by atoms with Crippen molar-refractivity contribution in [3.63, 3.8) is 0 Å². The van der Waals surface area contributed by atoms with Crippen molar-refractivity contribution in [3.05, 3.63) is 64.7 Å². The molecule has 2 aromatic carbocycles. The molecule has 3 nitrogen and oxygen atoms in total. The fourth-order valence-corrected chi connectivity index (χ4v) is 3.27. The van der Waals surface area contributed by atoms with Crippen LogP contribution in [-0.4, -0.2) is 12.0 Å². The molecule has 0 saturated heterocycles. The van der Waals surface area contributed by atoms with Crippen molar-refractivity contribution in [2.45, 2.75) is 51.4 Å². The van der Waals surface area contributed by atoms with E-state index in [2.05, 4.69) is 5.32 Å². The first-order valence-corrected chi connectivity index (χ1v) is 9.09. The van der Waals surface area contributed by atoms with Crippen LogP contribution in [0.3, 0.4) is 0 Å². The lowest BCUT2D eigenvalue weighted by Gasteiger charge is -2.18. The molecule has 0 spiro atoms. The molecule has 0 aromatic heterocycles. The van der Waals surface area contributed by atoms with Gasteiger partial charge in [-0.3, -0.25) is 4.79 Å². The second-order valence-corrected chi connectivity index (χ2v) is 6.71. The number of carbonyl (C=O) groups excluding carboxylic acids is 1. The molecule has 144 valence electrons. The Bertz CT molecular complexity index is 817. The predicted molar refractivity (Wildman–Crippen MR) is 96.5 cm³/mol. The normalized spacial score (nSPS) is 14.5. The number of halogens is 3. The van der Waals surface area contributed by atoms with E-state index >= 15 is 0 Å². The van der Waals surface area contributed by atoms with Crippen LogP contribution in [0, 0.1) is 0 Å². The lowest BCUT2D eigenvalue weighted by atomic mass is 10.1. The molecule has 3 rings (SSSR count). The first-order chi connectivity index (χ1) is 12.9. The molecule has 0 bridgehead atoms. The van der Waals surface area contributed by atoms with Gasteiger partial charge in [-0.2, -0.15) is 13.2 Å². The number of rotatable bonds is 6. The van der Waals surface area contributed by atoms with Gasteiger partial charge in [0.1, 0.15) is 5.75 Å². The summed E-state index contributed by atoms with van der Waals surface area (Å²) < 4.78 is 44.2. The van der Waals surface area contributed by atoms with Gasteiger partial charge >= 0.3 is 6.18 Å². The Balaban J connectivity index is 1.60. The molecule has 0 saturated carbocycles. The van der Waals surface area contributed by atoms with Crippen LogP contribution in [-0.2, 0) is 30.4 Å². The SMILES string of the molecule is CCC(Oc1ccc2c(c1)CCC2)C(=O)NCc1cccc(C(F)(F)F)c1. The number of fused-ring (bicyclic) bond motifs is 1. The van der Waals surface area contributed by atoms with Gasteiger partial charge in [0, 0.05) is 6.54 Å². The molecule has 6 heteroatoms. The van der Waals surface area contributed by atoms with E-state index in [9.17, 15) is 18.0 Å². The maximum atomic E-state index is 12.8. The second-order valence-electron chi connectivity index (χ2n) is 6.71. The Morgan fingerprint density at radius 1 is 1.15 bits per heavy atom. The summed E-state index contributed by atoms with van der Waals surface area (Å²) in [6, 6.07) is 10.8. The van der Waals surface area contributed by atoms with E-state index in [1.165, 1.54) is 17.2 Å². The van der Waals surface area contributed by atoms with Gasteiger partial charge < -0.3 is 10.1 Å². The van der Waals surface area contributed by atoms with Crippen molar-refractivity contribution in [2.24, 2.45) is 0 Å². The van der Waals surface area contributed by atoms with Crippen molar-refractivity contribution in [3.8, 4) is 5.75 Å². The molecular formula is C21H22F3NO2. The summed E-state index contributed by atoms with van der Waals surface area (Å²) in [5.41, 5.74) is 2.25. The zero-order valence-electron chi connectivity index (χ0n) is 15.1. The molecule has 1 amide bonds. The van der Waals surface area contributed by atoms with Gasteiger partial charge in [0.25, 0.3) is 5.91 Å². The summed E-state index contributed by atoms with van der Waals surface area (Å²) in [6.07, 6.45) is -1.40. The predicted octanol–water partition coefficient (Wildman–Crippen LogP) is 4.67. The minimum absolute atomic E-state index is 0.0206. The van der Waals surface area contributed by atoms with Gasteiger partial charge in [0.15, 0.2) is 6.10 Å². The van der Waals surface area contributed by atoms with E-state index in [0.29, 0.717) is 17.7 Å². The van der Waals surface area contributed by atoms with Crippen LogP contribution < -0.4 is 10.1 Å². The first-order valence-electron chi connectivity index (χ1n) is 9.09. The summed E-state index contributed by atoms with van der Waals surface area (Å²) in [7, 11) is 0. The van der Waals surface area contributed by atoms with Crippen LogP contribution in [0.5, 0.6) is 5.75 Å². The Kier molecular flexibility index (Phi) is 5.73. The average molecular weight is 377 g/mol. The Morgan fingerprint density at radius 2 is 1.93 bits per heavy atom. The van der Waals surface area contributed by atoms with Gasteiger partial charge in [-0.25, -0.2) is 0 Å². The molecule has 1 aliphatic rings. The van der Waals surface area contributed by atoms with E-state index < -0.39 is 17.8 Å². The van der Waals surface area contributed by atoms with E-state index in [-0.39, 0.29) is 12.5 Å². The van der Waals surface area contributed by atoms with Crippen molar-refractivity contribution in [2.75, 3.05) is 0 Å². The van der Waals surface area contributed by atoms with Crippen molar-refractivity contribution >= 4 is 5.91 Å². The summed E-state index contributed by atoms with van der Waals surface area (Å²) >= 11 is 0. The standard InChI is InChI=1S/C21H22F3NO2/c1-2-19(27-18-10-9-15-6-4-7-16(15)12-18)20(26)25-13-14-5-3-8-17(11-14)21(22,23)24/h3,5,8-12,19H,2,4,6-7,13H2,1H3,(H,25,26). The maximum absolute atomic E-state index is 12.8. The van der Waals surface area contributed by atoms with Crippen LogP contribution in [0.25, 0.3) is 0 Å². The van der Waals surface area contributed by atoms with E-state index in [1.807, 2.05) is 25.1 Å². The molecular weight excluding hydrogens is 355 g/mol. The van der Waals surface area contributed by atoms with Crippen molar-refractivity contribution in [1.82, 2.24) is 5.32 Å². The van der Waals surface area contributed by atoms with Gasteiger partial charge in [-0.1, -0.05) is 25.1 Å². The first kappa shape index (κ1) is 19.3. The number of nitrogens with one attached hydrogen (secondary N) is 1. The lowest BCUT2D eigenvalue weighted by molar-refractivity contribution is -0.137. The summed E-state index contributed by atoms with van der Waals surface area (Å²) in [4.78, 5) is 12.4. The topological polar surface area (TPSA) is 38.3 Å². The Labute approximate surface area is 156 Å². The number of amides is 1. The fraction of sp³-hybridized carbons (Fsp3) is 0.381. The minimum atomic E-state index is -4.40. The maximum Gasteiger partial charge on any atom is 0.416 e. The highest BCUT2D eigenvalue weighted by Gasteiger charge is 2.30. The van der Waals surface area contributed by atoms with Gasteiger partial charge in [0.05, 0.1) is 5.56 Å². The minimum Gasteiger partial charge on any atom is -0.481 e. The number of hydrogen-bond acceptors (Lipinski definition) is 2. The Hall–Kier alpha value is -2.50. The fourth-order valence-electron chi connectivity index (χ4n) is 3.27. The molecule has 0 fully saturated rings. The number of carbonyl (C=O) groups is 1. The third kappa shape index (κ3) is 4.81. The summed E-state index contributed by atoms with van der Waals surface area (Å²) in [6.45, 7) is 1.86. The zero-order chi connectivity index (χ0) is 19.4. The summed E-state index contributed by atoms with van der Waals surface area (Å²) in [5.74, 6) is 0.312. The molecule has 2 aromatic rings. The van der Waals surface area contributed by atoms with Gasteiger partial charge in [-0.05, 0) is 66.6 Å². The largest absolute Gasteiger partial charge is 0.481 e. The molecule has 1 aliphatic carbocycles. The number of hydrogen-bond donors (Lipinski definition) is 1. The van der Waals surface area contributed by atoms with Crippen LogP contribution >= 0.6 is 0 Å². The quantitative estimate of drug-likeness (QED) is 0.795. The van der Waals surface area contributed by atoms with Crippen molar-refractivity contribution in [1.29, 1.82) is 0 Å². The smallest absolute Gasteiger partial charge is 0.416 e. The lowest BCUT2D eigenvalue weighted by Crippen LogP contribution is -2.37. The molecule has 1 atom stereocenters. The number of aryl methyl sites for hydroxylation is 2. The van der Waals surface area contributed by atoms with E-state index in [0.717, 1.165) is 31.4 Å². The number of ether oxygens (including phenoxy) is 1. The molecule has 1 unspecified atom stereocenters. The highest BCUT2D eigenvalue weighted by Crippen LogP contribution is 2.29. The highest BCUT2D eigenvalue weighted by atomic mass is 19.4. The van der Waals surface area contributed by atoms with Crippen LogP contribution in [0.2, 0.25) is 0 Å². The highest BCUT2D eigenvalue weighted by molar-refractivity contribution is 5.81. The van der Waals surface area contributed by atoms with E-state index in [1.54, 1.807) is 6.07 Å². The third-order valence-electron chi connectivity index (χ3n) is 4.73. The van der Waals surface area contributed by atoms with Crippen LogP contribution in [0.15, 0.2) is 42.5 Å². The van der Waals surface area contributed by atoms with Gasteiger partial charge in [0.2, 0.25) is 0 Å². The molecule has 1 N–H and O–H groups in total. The molecule has 27 heavy (non-hydrogen) atoms. The number of alkyl halides is 3. The van der Waals surface area contributed by atoms with Crippen LogP contribution in [0.4, 0.5) is 13.2 Å². The molecule has 0 radical (unpaired) electrons. The van der Waals surface area contributed by atoms with Crippen LogP contribution in [0.1, 0.15) is 42.0 Å². The third-order valence-corrected chi connectivity index (χ3v) is 4.73. The van der Waals surface area contributed by atoms with E-state index in [4.69, 9.17) is 4.74 Å². The monoisotopic (exact) mass is 377 g/mol. The number of benzene rings is 2.